The third kappa shape index (κ3) is 3.13. The second kappa shape index (κ2) is 6.46. The molecular weight excluding hydrogens is 358 g/mol. The number of hydrogen-bond donors (Lipinski definition) is 1. The third-order valence-electron chi connectivity index (χ3n) is 6.93. The minimum absolute atomic E-state index is 0.0342. The smallest absolute Gasteiger partial charge is 0.351 e. The van der Waals surface area contributed by atoms with Crippen LogP contribution in [-0.2, 0) is 9.84 Å². The van der Waals surface area contributed by atoms with Crippen LogP contribution in [0.15, 0.2) is 40.8 Å². The Labute approximate surface area is 163 Å². The molecule has 2 aliphatic carbocycles. The van der Waals surface area contributed by atoms with Crippen molar-refractivity contribution in [3.63, 3.8) is 0 Å². The van der Waals surface area contributed by atoms with Crippen LogP contribution in [0.4, 0.5) is 0 Å². The molecule has 1 saturated carbocycles. The van der Waals surface area contributed by atoms with Crippen molar-refractivity contribution < 1.29 is 13.5 Å². The summed E-state index contributed by atoms with van der Waals surface area (Å²) in [6.07, 6.45) is 5.84. The SMILES string of the molecule is [C-]#[N+]C(C)(C1=CC[C@]2(C)CCC[C@@](C)(O)[C@H]2C1)S(=O)(=O)c1ccc(C)cc1. The second-order valence-corrected chi connectivity index (χ2v) is 11.2. The standard InChI is InChI=1S/C22H29NO3S/c1-16-7-9-18(10-8-16)27(25,26)22(4,23-5)17-11-14-20(2)12-6-13-21(3,24)19(20)15-17/h7-11,19,24H,6,12-15H2,1-4H3/t19-,20-,21+,22?/m0/s1. The molecule has 4 atom stereocenters. The van der Waals surface area contributed by atoms with E-state index in [1.807, 2.05) is 19.9 Å². The molecule has 0 spiro atoms. The Bertz CT molecular complexity index is 908. The van der Waals surface area contributed by atoms with Crippen molar-refractivity contribution in [3.8, 4) is 0 Å². The molecule has 4 nitrogen and oxygen atoms in total. The molecule has 0 saturated heterocycles. The van der Waals surface area contributed by atoms with Gasteiger partial charge in [-0.2, -0.15) is 0 Å². The number of aliphatic hydroxyl groups is 1. The average Bonchev–Trinajstić information content (AvgIpc) is 2.60. The topological polar surface area (TPSA) is 58.7 Å². The van der Waals surface area contributed by atoms with Crippen LogP contribution in [0.25, 0.3) is 4.85 Å². The van der Waals surface area contributed by atoms with Crippen LogP contribution in [0.3, 0.4) is 0 Å². The minimum atomic E-state index is -3.87. The predicted octanol–water partition coefficient (Wildman–Crippen LogP) is 4.68. The maximum atomic E-state index is 13.4. The molecule has 5 heteroatoms. The number of hydrogen-bond acceptors (Lipinski definition) is 3. The first-order valence-corrected chi connectivity index (χ1v) is 11.1. The minimum Gasteiger partial charge on any atom is -0.390 e. The van der Waals surface area contributed by atoms with Gasteiger partial charge in [-0.15, -0.1) is 0 Å². The summed E-state index contributed by atoms with van der Waals surface area (Å²) in [7, 11) is -3.87. The van der Waals surface area contributed by atoms with E-state index in [9.17, 15) is 13.5 Å². The first kappa shape index (κ1) is 20.1. The molecule has 0 bridgehead atoms. The molecular formula is C22H29NO3S. The number of aryl methyl sites for hydroxylation is 1. The quantitative estimate of drug-likeness (QED) is 0.605. The first-order chi connectivity index (χ1) is 12.5. The van der Waals surface area contributed by atoms with Gasteiger partial charge in [0.15, 0.2) is 0 Å². The summed E-state index contributed by atoms with van der Waals surface area (Å²) in [6, 6.07) is 6.68. The summed E-state index contributed by atoms with van der Waals surface area (Å²) >= 11 is 0. The number of benzene rings is 1. The molecule has 1 fully saturated rings. The van der Waals surface area contributed by atoms with E-state index in [0.29, 0.717) is 18.4 Å². The van der Waals surface area contributed by atoms with E-state index in [1.165, 1.54) is 6.92 Å². The summed E-state index contributed by atoms with van der Waals surface area (Å²) in [5, 5.41) is 11.0. The Morgan fingerprint density at radius 1 is 1.22 bits per heavy atom. The maximum Gasteiger partial charge on any atom is 0.351 e. The van der Waals surface area contributed by atoms with Crippen LogP contribution in [-0.4, -0.2) is 24.0 Å². The lowest BCUT2D eigenvalue weighted by molar-refractivity contribution is -0.0978. The molecule has 1 N–H and O–H groups in total. The van der Waals surface area contributed by atoms with E-state index < -0.39 is 20.3 Å². The fourth-order valence-electron chi connectivity index (χ4n) is 4.95. The molecule has 1 aromatic rings. The molecule has 0 radical (unpaired) electrons. The van der Waals surface area contributed by atoms with Crippen LogP contribution < -0.4 is 0 Å². The number of rotatable bonds is 3. The molecule has 1 aromatic carbocycles. The van der Waals surface area contributed by atoms with Gasteiger partial charge >= 0.3 is 4.87 Å². The normalized spacial score (nSPS) is 33.3. The molecule has 146 valence electrons. The Balaban J connectivity index is 2.05. The fraction of sp³-hybridized carbons (Fsp3) is 0.591. The zero-order chi connectivity index (χ0) is 20.1. The van der Waals surface area contributed by atoms with Crippen LogP contribution in [0.2, 0.25) is 0 Å². The lowest BCUT2D eigenvalue weighted by Gasteiger charge is -2.52. The van der Waals surface area contributed by atoms with Crippen LogP contribution in [0.5, 0.6) is 0 Å². The van der Waals surface area contributed by atoms with E-state index >= 15 is 0 Å². The van der Waals surface area contributed by atoms with Gasteiger partial charge in [0.05, 0.1) is 10.5 Å². The van der Waals surface area contributed by atoms with Crippen LogP contribution in [0.1, 0.15) is 58.4 Å². The van der Waals surface area contributed by atoms with Gasteiger partial charge in [-0.25, -0.2) is 15.0 Å². The summed E-state index contributed by atoms with van der Waals surface area (Å²) in [5.41, 5.74) is 0.734. The number of fused-ring (bicyclic) bond motifs is 1. The summed E-state index contributed by atoms with van der Waals surface area (Å²) < 4.78 is 26.8. The molecule has 2 aliphatic rings. The Kier molecular flexibility index (Phi) is 4.81. The largest absolute Gasteiger partial charge is 0.390 e. The Morgan fingerprint density at radius 3 is 2.44 bits per heavy atom. The van der Waals surface area contributed by atoms with E-state index in [1.54, 1.807) is 24.3 Å². The van der Waals surface area contributed by atoms with Crippen molar-refractivity contribution in [1.29, 1.82) is 0 Å². The highest BCUT2D eigenvalue weighted by molar-refractivity contribution is 7.93. The average molecular weight is 388 g/mol. The van der Waals surface area contributed by atoms with Gasteiger partial charge in [-0.05, 0) is 63.0 Å². The number of sulfone groups is 1. The maximum absolute atomic E-state index is 13.4. The lowest BCUT2D eigenvalue weighted by Crippen LogP contribution is -2.51. The van der Waals surface area contributed by atoms with Crippen molar-refractivity contribution in [2.45, 2.75) is 75.2 Å². The van der Waals surface area contributed by atoms with Crippen LogP contribution >= 0.6 is 0 Å². The van der Waals surface area contributed by atoms with Crippen LogP contribution in [0, 0.1) is 24.8 Å². The molecule has 0 aromatic heterocycles. The van der Waals surface area contributed by atoms with Crippen molar-refractivity contribution in [2.24, 2.45) is 11.3 Å². The van der Waals surface area contributed by atoms with Gasteiger partial charge in [0.2, 0.25) is 0 Å². The van der Waals surface area contributed by atoms with Crippen molar-refractivity contribution in [2.75, 3.05) is 0 Å². The van der Waals surface area contributed by atoms with Gasteiger partial charge in [-0.3, -0.25) is 4.85 Å². The predicted molar refractivity (Wildman–Crippen MR) is 107 cm³/mol. The molecule has 0 amide bonds. The van der Waals surface area contributed by atoms with E-state index in [-0.39, 0.29) is 16.2 Å². The molecule has 1 unspecified atom stereocenters. The van der Waals surface area contributed by atoms with Gasteiger partial charge in [-0.1, -0.05) is 37.1 Å². The van der Waals surface area contributed by atoms with Crippen molar-refractivity contribution in [1.82, 2.24) is 0 Å². The summed E-state index contributed by atoms with van der Waals surface area (Å²) in [6.45, 7) is 15.2. The van der Waals surface area contributed by atoms with E-state index in [0.717, 1.165) is 24.8 Å². The summed E-state index contributed by atoms with van der Waals surface area (Å²) in [5.74, 6) is -0.0342. The van der Waals surface area contributed by atoms with Crippen molar-refractivity contribution in [3.05, 3.63) is 52.9 Å². The molecule has 0 heterocycles. The molecule has 27 heavy (non-hydrogen) atoms. The monoisotopic (exact) mass is 387 g/mol. The first-order valence-electron chi connectivity index (χ1n) is 9.58. The highest BCUT2D eigenvalue weighted by Gasteiger charge is 2.56. The number of allylic oxidation sites excluding steroid dienone is 1. The highest BCUT2D eigenvalue weighted by Crippen LogP contribution is 2.55. The fourth-order valence-corrected chi connectivity index (χ4v) is 6.53. The Morgan fingerprint density at radius 2 is 1.85 bits per heavy atom. The van der Waals surface area contributed by atoms with Gasteiger partial charge < -0.3 is 5.11 Å². The third-order valence-corrected chi connectivity index (χ3v) is 9.22. The lowest BCUT2D eigenvalue weighted by atomic mass is 9.55. The molecule has 3 rings (SSSR count). The number of nitrogens with zero attached hydrogens (tertiary/aromatic N) is 1. The van der Waals surface area contributed by atoms with E-state index in [2.05, 4.69) is 11.8 Å². The van der Waals surface area contributed by atoms with E-state index in [4.69, 9.17) is 6.57 Å². The molecule has 0 aliphatic heterocycles. The van der Waals surface area contributed by atoms with Crippen molar-refractivity contribution >= 4 is 9.84 Å². The van der Waals surface area contributed by atoms with Gasteiger partial charge in [0.25, 0.3) is 9.84 Å². The zero-order valence-corrected chi connectivity index (χ0v) is 17.4. The Hall–Kier alpha value is -1.64. The van der Waals surface area contributed by atoms with Gasteiger partial charge in [0.1, 0.15) is 0 Å². The highest BCUT2D eigenvalue weighted by atomic mass is 32.2. The van der Waals surface area contributed by atoms with Gasteiger partial charge in [0, 0.05) is 12.5 Å². The second-order valence-electron chi connectivity index (χ2n) is 8.97. The zero-order valence-electron chi connectivity index (χ0n) is 16.6. The summed E-state index contributed by atoms with van der Waals surface area (Å²) in [4.78, 5) is 2.17.